The van der Waals surface area contributed by atoms with Crippen LogP contribution >= 0.6 is 0 Å². The van der Waals surface area contributed by atoms with Crippen molar-refractivity contribution < 1.29 is 14.6 Å². The van der Waals surface area contributed by atoms with Crippen molar-refractivity contribution in [1.82, 2.24) is 0 Å². The number of hydrogen-bond acceptors (Lipinski definition) is 3. The van der Waals surface area contributed by atoms with Gasteiger partial charge in [0, 0.05) is 18.4 Å². The molecule has 2 rings (SSSR count). The van der Waals surface area contributed by atoms with Gasteiger partial charge >= 0.3 is 0 Å². The van der Waals surface area contributed by atoms with E-state index in [1.54, 1.807) is 0 Å². The minimum Gasteiger partial charge on any atom is -0.490 e. The second-order valence-corrected chi connectivity index (χ2v) is 5.46. The predicted octanol–water partition coefficient (Wildman–Crippen LogP) is 3.28. The van der Waals surface area contributed by atoms with Crippen molar-refractivity contribution in [1.29, 1.82) is 0 Å². The van der Waals surface area contributed by atoms with E-state index in [2.05, 4.69) is 19.1 Å². The lowest BCUT2D eigenvalue weighted by molar-refractivity contribution is -0.124. The van der Waals surface area contributed by atoms with Crippen LogP contribution in [-0.4, -0.2) is 23.1 Å². The zero-order valence-electron chi connectivity index (χ0n) is 11.7. The van der Waals surface area contributed by atoms with Gasteiger partial charge in [-0.15, -0.1) is 0 Å². The fraction of sp³-hybridized carbons (Fsp3) is 0.688. The number of carbonyl (C=O) groups excluding carboxylic acids is 1. The Morgan fingerprint density at radius 1 is 1.37 bits per heavy atom. The Kier molecular flexibility index (Phi) is 5.20. The van der Waals surface area contributed by atoms with Crippen molar-refractivity contribution in [2.24, 2.45) is 0 Å². The highest BCUT2D eigenvalue weighted by Crippen LogP contribution is 2.34. The summed E-state index contributed by atoms with van der Waals surface area (Å²) in [6.45, 7) is 2.21. The van der Waals surface area contributed by atoms with Gasteiger partial charge in [0.25, 0.3) is 0 Å². The quantitative estimate of drug-likeness (QED) is 0.591. The first-order valence-corrected chi connectivity index (χ1v) is 7.50. The van der Waals surface area contributed by atoms with Crippen molar-refractivity contribution in [2.75, 3.05) is 0 Å². The molecule has 3 nitrogen and oxygen atoms in total. The Hall–Kier alpha value is -1.09. The van der Waals surface area contributed by atoms with Crippen molar-refractivity contribution >= 4 is 5.78 Å². The second-order valence-electron chi connectivity index (χ2n) is 5.46. The molecule has 2 unspecified atom stereocenters. The molecule has 1 heterocycles. The number of ketones is 1. The molecule has 0 spiro atoms. The lowest BCUT2D eigenvalue weighted by Crippen LogP contribution is -2.25. The number of hydrogen-bond donors (Lipinski definition) is 1. The van der Waals surface area contributed by atoms with E-state index in [0.717, 1.165) is 17.8 Å². The normalized spacial score (nSPS) is 26.9. The van der Waals surface area contributed by atoms with Crippen LogP contribution in [0.5, 0.6) is 0 Å². The predicted molar refractivity (Wildman–Crippen MR) is 74.7 cm³/mol. The van der Waals surface area contributed by atoms with Gasteiger partial charge in [-0.3, -0.25) is 4.79 Å². The van der Waals surface area contributed by atoms with Crippen LogP contribution in [0.25, 0.3) is 0 Å². The summed E-state index contributed by atoms with van der Waals surface area (Å²) in [7, 11) is 0. The van der Waals surface area contributed by atoms with Gasteiger partial charge in [-0.2, -0.15) is 0 Å². The van der Waals surface area contributed by atoms with Gasteiger partial charge in [0.05, 0.1) is 0 Å². The van der Waals surface area contributed by atoms with Gasteiger partial charge < -0.3 is 9.84 Å². The lowest BCUT2D eigenvalue weighted by Gasteiger charge is -2.16. The third kappa shape index (κ3) is 3.69. The largest absolute Gasteiger partial charge is 0.490 e. The molecule has 0 saturated heterocycles. The molecular weight excluding hydrogens is 240 g/mol. The Labute approximate surface area is 115 Å². The molecule has 1 N–H and O–H groups in total. The Morgan fingerprint density at radius 3 is 3.00 bits per heavy atom. The van der Waals surface area contributed by atoms with Crippen LogP contribution in [-0.2, 0) is 9.53 Å². The number of carbonyl (C=O) groups is 1. The van der Waals surface area contributed by atoms with Crippen molar-refractivity contribution in [3.05, 3.63) is 23.5 Å². The van der Waals surface area contributed by atoms with E-state index in [1.165, 1.54) is 25.7 Å². The summed E-state index contributed by atoms with van der Waals surface area (Å²) in [5.74, 6) is 0.691. The molecule has 0 aromatic heterocycles. The highest BCUT2D eigenvalue weighted by molar-refractivity contribution is 6.00. The molecule has 1 aliphatic heterocycles. The maximum Gasteiger partial charge on any atom is 0.190 e. The van der Waals surface area contributed by atoms with Crippen LogP contribution < -0.4 is 0 Å². The molecule has 2 aliphatic rings. The summed E-state index contributed by atoms with van der Waals surface area (Å²) in [5, 5.41) is 9.55. The molecule has 1 aliphatic carbocycles. The molecule has 0 radical (unpaired) electrons. The van der Waals surface area contributed by atoms with Crippen LogP contribution in [0.3, 0.4) is 0 Å². The van der Waals surface area contributed by atoms with E-state index in [-0.39, 0.29) is 11.9 Å². The molecule has 0 bridgehead atoms. The molecule has 0 aromatic rings. The van der Waals surface area contributed by atoms with Gasteiger partial charge in [-0.25, -0.2) is 0 Å². The first-order valence-electron chi connectivity index (χ1n) is 7.50. The van der Waals surface area contributed by atoms with Gasteiger partial charge in [-0.1, -0.05) is 32.3 Å². The molecule has 19 heavy (non-hydrogen) atoms. The average Bonchev–Trinajstić information content (AvgIpc) is 2.82. The summed E-state index contributed by atoms with van der Waals surface area (Å²) in [4.78, 5) is 11.8. The van der Waals surface area contributed by atoms with E-state index in [0.29, 0.717) is 19.3 Å². The number of Topliss-reactive ketones (excluding diaryl/α,β-unsaturated/α-hetero) is 1. The highest BCUT2D eigenvalue weighted by atomic mass is 16.5. The van der Waals surface area contributed by atoms with E-state index >= 15 is 0 Å². The third-order valence-corrected chi connectivity index (χ3v) is 3.86. The smallest absolute Gasteiger partial charge is 0.190 e. The number of ether oxygens (including phenoxy) is 1. The van der Waals surface area contributed by atoms with Gasteiger partial charge in [0.1, 0.15) is 18.0 Å². The number of rotatable bonds is 6. The maximum atomic E-state index is 11.8. The standard InChI is InChI=1S/C16H24O3/c1-2-3-4-5-6-7-8-12-11-13-15(19-12)10-9-14(17)16(13)18/h7-8,12,14,17H,2-6,9-11H2,1H3. The van der Waals surface area contributed by atoms with E-state index in [1.807, 2.05) is 0 Å². The van der Waals surface area contributed by atoms with E-state index in [9.17, 15) is 9.90 Å². The maximum absolute atomic E-state index is 11.8. The fourth-order valence-electron chi connectivity index (χ4n) is 2.70. The third-order valence-electron chi connectivity index (χ3n) is 3.86. The monoisotopic (exact) mass is 264 g/mol. The Bertz CT molecular complexity index is 381. The zero-order chi connectivity index (χ0) is 13.7. The lowest BCUT2D eigenvalue weighted by atomic mass is 9.92. The van der Waals surface area contributed by atoms with Crippen LogP contribution in [0.1, 0.15) is 58.3 Å². The number of aliphatic hydroxyl groups excluding tert-OH is 1. The molecular formula is C16H24O3. The summed E-state index contributed by atoms with van der Waals surface area (Å²) >= 11 is 0. The van der Waals surface area contributed by atoms with Crippen molar-refractivity contribution in [3.8, 4) is 0 Å². The van der Waals surface area contributed by atoms with Crippen LogP contribution in [0, 0.1) is 0 Å². The summed E-state index contributed by atoms with van der Waals surface area (Å²) < 4.78 is 5.77. The Morgan fingerprint density at radius 2 is 2.21 bits per heavy atom. The highest BCUT2D eigenvalue weighted by Gasteiger charge is 2.35. The topological polar surface area (TPSA) is 46.5 Å². The van der Waals surface area contributed by atoms with Crippen LogP contribution in [0.4, 0.5) is 0 Å². The Balaban J connectivity index is 1.75. The minimum absolute atomic E-state index is 0.00502. The summed E-state index contributed by atoms with van der Waals surface area (Å²) in [6, 6.07) is 0. The molecule has 0 amide bonds. The summed E-state index contributed by atoms with van der Waals surface area (Å²) in [5.41, 5.74) is 0.722. The van der Waals surface area contributed by atoms with E-state index < -0.39 is 6.10 Å². The molecule has 2 atom stereocenters. The molecule has 0 aromatic carbocycles. The molecule has 0 saturated carbocycles. The number of unbranched alkanes of at least 4 members (excludes halogenated alkanes) is 4. The number of allylic oxidation sites excluding steroid dienone is 2. The molecule has 0 fully saturated rings. The molecule has 106 valence electrons. The SMILES string of the molecule is CCCCCCC=CC1CC2=C(CCC(O)C2=O)O1. The fourth-order valence-corrected chi connectivity index (χ4v) is 2.70. The first kappa shape index (κ1) is 14.3. The minimum atomic E-state index is -0.806. The number of aliphatic hydroxyl groups is 1. The van der Waals surface area contributed by atoms with Gasteiger partial charge in [0.2, 0.25) is 0 Å². The van der Waals surface area contributed by atoms with Gasteiger partial charge in [-0.05, 0) is 25.3 Å². The molecule has 3 heteroatoms. The van der Waals surface area contributed by atoms with Crippen molar-refractivity contribution in [3.63, 3.8) is 0 Å². The zero-order valence-corrected chi connectivity index (χ0v) is 11.7. The average molecular weight is 264 g/mol. The summed E-state index contributed by atoms with van der Waals surface area (Å²) in [6.07, 6.45) is 11.4. The van der Waals surface area contributed by atoms with Gasteiger partial charge in [0.15, 0.2) is 5.78 Å². The first-order chi connectivity index (χ1) is 9.22. The van der Waals surface area contributed by atoms with Crippen molar-refractivity contribution in [2.45, 2.75) is 70.5 Å². The second kappa shape index (κ2) is 6.90. The van der Waals surface area contributed by atoms with Crippen LogP contribution in [0.15, 0.2) is 23.5 Å². The van der Waals surface area contributed by atoms with E-state index in [4.69, 9.17) is 4.74 Å². The van der Waals surface area contributed by atoms with Crippen LogP contribution in [0.2, 0.25) is 0 Å².